The van der Waals surface area contributed by atoms with Gasteiger partial charge in [-0.2, -0.15) is 0 Å². The second-order valence-corrected chi connectivity index (χ2v) is 4.83. The van der Waals surface area contributed by atoms with E-state index in [4.69, 9.17) is 4.74 Å². The number of methoxy groups -OCH3 is 1. The Kier molecular flexibility index (Phi) is 4.82. The second kappa shape index (κ2) is 6.41. The van der Waals surface area contributed by atoms with E-state index < -0.39 is 11.6 Å². The number of alkyl halides is 1. The summed E-state index contributed by atoms with van der Waals surface area (Å²) in [6.07, 6.45) is 0. The lowest BCUT2D eigenvalue weighted by molar-refractivity contribution is 0.187. The molecule has 20 heavy (non-hydrogen) atoms. The van der Waals surface area contributed by atoms with Gasteiger partial charge in [-0.15, -0.1) is 10.2 Å². The van der Waals surface area contributed by atoms with E-state index in [0.717, 1.165) is 0 Å². The van der Waals surface area contributed by atoms with Crippen LogP contribution in [0.25, 0.3) is 11.4 Å². The Labute approximate surface area is 123 Å². The zero-order valence-corrected chi connectivity index (χ0v) is 12.7. The van der Waals surface area contributed by atoms with Gasteiger partial charge in [-0.25, -0.2) is 8.78 Å². The molecule has 0 spiro atoms. The standard InChI is InChI=1S/C13H14BrF2N3O/c1-8-3-4-9(15)11(12(8)16)13-18-17-10(7-14)19(13)5-6-20-2/h3-4H,5-7H2,1-2H3. The van der Waals surface area contributed by atoms with Gasteiger partial charge in [0.25, 0.3) is 0 Å². The summed E-state index contributed by atoms with van der Waals surface area (Å²) in [4.78, 5) is 0. The molecule has 0 bridgehead atoms. The maximum atomic E-state index is 14.2. The van der Waals surface area contributed by atoms with Gasteiger partial charge in [-0.3, -0.25) is 0 Å². The van der Waals surface area contributed by atoms with E-state index >= 15 is 0 Å². The predicted molar refractivity (Wildman–Crippen MR) is 74.6 cm³/mol. The van der Waals surface area contributed by atoms with Crippen molar-refractivity contribution in [1.82, 2.24) is 14.8 Å². The van der Waals surface area contributed by atoms with E-state index in [2.05, 4.69) is 26.1 Å². The molecule has 0 aliphatic carbocycles. The second-order valence-electron chi connectivity index (χ2n) is 4.27. The minimum absolute atomic E-state index is 0.152. The smallest absolute Gasteiger partial charge is 0.170 e. The number of aromatic nitrogens is 3. The van der Waals surface area contributed by atoms with E-state index in [9.17, 15) is 8.78 Å². The first-order chi connectivity index (χ1) is 9.60. The lowest BCUT2D eigenvalue weighted by Gasteiger charge is -2.11. The average Bonchev–Trinajstić information content (AvgIpc) is 2.84. The molecule has 0 unspecified atom stereocenters. The van der Waals surface area contributed by atoms with Crippen molar-refractivity contribution >= 4 is 15.9 Å². The molecule has 1 aromatic heterocycles. The Morgan fingerprint density at radius 2 is 2.05 bits per heavy atom. The molecular formula is C13H14BrF2N3O. The first-order valence-corrected chi connectivity index (χ1v) is 7.14. The highest BCUT2D eigenvalue weighted by molar-refractivity contribution is 9.08. The van der Waals surface area contributed by atoms with Gasteiger partial charge in [0.2, 0.25) is 0 Å². The number of nitrogens with zero attached hydrogens (tertiary/aromatic N) is 3. The third-order valence-corrected chi connectivity index (χ3v) is 3.48. The largest absolute Gasteiger partial charge is 0.383 e. The van der Waals surface area contributed by atoms with Gasteiger partial charge in [0.1, 0.15) is 17.5 Å². The van der Waals surface area contributed by atoms with Gasteiger partial charge in [-0.1, -0.05) is 22.0 Å². The Hall–Kier alpha value is -1.34. The normalized spacial score (nSPS) is 11.1. The Morgan fingerprint density at radius 3 is 2.70 bits per heavy atom. The molecule has 0 radical (unpaired) electrons. The van der Waals surface area contributed by atoms with E-state index in [1.165, 1.54) is 12.1 Å². The maximum absolute atomic E-state index is 14.2. The Bertz CT molecular complexity index is 616. The topological polar surface area (TPSA) is 39.9 Å². The van der Waals surface area contributed by atoms with Crippen LogP contribution in [0.4, 0.5) is 8.78 Å². The summed E-state index contributed by atoms with van der Waals surface area (Å²) in [6.45, 7) is 2.41. The molecular weight excluding hydrogens is 332 g/mol. The zero-order valence-electron chi connectivity index (χ0n) is 11.2. The van der Waals surface area contributed by atoms with Gasteiger partial charge in [0.05, 0.1) is 17.5 Å². The fourth-order valence-electron chi connectivity index (χ4n) is 1.90. The molecule has 0 atom stereocenters. The van der Waals surface area contributed by atoms with Crippen molar-refractivity contribution in [3.8, 4) is 11.4 Å². The van der Waals surface area contributed by atoms with E-state index in [0.29, 0.717) is 29.9 Å². The quantitative estimate of drug-likeness (QED) is 0.782. The van der Waals surface area contributed by atoms with Crippen molar-refractivity contribution in [2.24, 2.45) is 0 Å². The number of aryl methyl sites for hydroxylation is 1. The zero-order chi connectivity index (χ0) is 14.7. The van der Waals surface area contributed by atoms with Crippen LogP contribution in [0.3, 0.4) is 0 Å². The summed E-state index contributed by atoms with van der Waals surface area (Å²) < 4.78 is 34.8. The summed E-state index contributed by atoms with van der Waals surface area (Å²) in [5, 5.41) is 8.32. The van der Waals surface area contributed by atoms with Crippen molar-refractivity contribution in [2.75, 3.05) is 13.7 Å². The molecule has 0 amide bonds. The van der Waals surface area contributed by atoms with Crippen molar-refractivity contribution in [1.29, 1.82) is 0 Å². The third-order valence-electron chi connectivity index (χ3n) is 2.97. The minimum Gasteiger partial charge on any atom is -0.383 e. The first-order valence-electron chi connectivity index (χ1n) is 6.02. The van der Waals surface area contributed by atoms with Gasteiger partial charge >= 0.3 is 0 Å². The fraction of sp³-hybridized carbons (Fsp3) is 0.385. The van der Waals surface area contributed by atoms with Crippen LogP contribution in [-0.4, -0.2) is 28.5 Å². The summed E-state index contributed by atoms with van der Waals surface area (Å²) >= 11 is 3.29. The molecule has 108 valence electrons. The summed E-state index contributed by atoms with van der Waals surface area (Å²) in [7, 11) is 1.56. The molecule has 2 rings (SSSR count). The third kappa shape index (κ3) is 2.73. The number of hydrogen-bond acceptors (Lipinski definition) is 3. The lowest BCUT2D eigenvalue weighted by atomic mass is 10.1. The maximum Gasteiger partial charge on any atom is 0.170 e. The molecule has 0 N–H and O–H groups in total. The number of benzene rings is 1. The molecule has 0 saturated carbocycles. The van der Waals surface area contributed by atoms with Crippen molar-refractivity contribution < 1.29 is 13.5 Å². The van der Waals surface area contributed by atoms with Crippen LogP contribution < -0.4 is 0 Å². The van der Waals surface area contributed by atoms with Crippen LogP contribution in [-0.2, 0) is 16.6 Å². The molecule has 4 nitrogen and oxygen atoms in total. The lowest BCUT2D eigenvalue weighted by Crippen LogP contribution is -2.10. The Morgan fingerprint density at radius 1 is 1.30 bits per heavy atom. The average molecular weight is 346 g/mol. The van der Waals surface area contributed by atoms with Crippen LogP contribution in [0, 0.1) is 18.6 Å². The highest BCUT2D eigenvalue weighted by atomic mass is 79.9. The number of hydrogen-bond donors (Lipinski definition) is 0. The molecule has 1 heterocycles. The predicted octanol–water partition coefficient (Wildman–Crippen LogP) is 3.07. The van der Waals surface area contributed by atoms with Gasteiger partial charge < -0.3 is 9.30 Å². The van der Waals surface area contributed by atoms with Crippen LogP contribution in [0.15, 0.2) is 12.1 Å². The molecule has 1 aromatic carbocycles. The fourth-order valence-corrected chi connectivity index (χ4v) is 2.31. The summed E-state index contributed by atoms with van der Waals surface area (Å²) in [5.74, 6) is -0.495. The van der Waals surface area contributed by atoms with Gasteiger partial charge in [0, 0.05) is 13.7 Å². The van der Waals surface area contributed by atoms with E-state index in [1.54, 1.807) is 18.6 Å². The van der Waals surface area contributed by atoms with Crippen LogP contribution >= 0.6 is 15.9 Å². The van der Waals surface area contributed by atoms with Crippen LogP contribution in [0.5, 0.6) is 0 Å². The minimum atomic E-state index is -0.653. The van der Waals surface area contributed by atoms with Crippen LogP contribution in [0.2, 0.25) is 0 Å². The van der Waals surface area contributed by atoms with Crippen molar-refractivity contribution in [3.05, 3.63) is 35.2 Å². The number of ether oxygens (including phenoxy) is 1. The van der Waals surface area contributed by atoms with E-state index in [-0.39, 0.29) is 11.4 Å². The molecule has 0 aliphatic rings. The highest BCUT2D eigenvalue weighted by Crippen LogP contribution is 2.27. The molecule has 0 saturated heterocycles. The molecule has 0 fully saturated rings. The monoisotopic (exact) mass is 345 g/mol. The van der Waals surface area contributed by atoms with Crippen molar-refractivity contribution in [2.45, 2.75) is 18.8 Å². The van der Waals surface area contributed by atoms with Crippen LogP contribution in [0.1, 0.15) is 11.4 Å². The van der Waals surface area contributed by atoms with E-state index in [1.807, 2.05) is 0 Å². The Balaban J connectivity index is 2.58. The number of halogens is 3. The summed E-state index contributed by atoms with van der Waals surface area (Å²) in [5.41, 5.74) is 0.212. The SMILES string of the molecule is COCCn1c(CBr)nnc1-c1c(F)ccc(C)c1F. The summed E-state index contributed by atoms with van der Waals surface area (Å²) in [6, 6.07) is 2.63. The first kappa shape index (κ1) is 15.1. The van der Waals surface area contributed by atoms with Gasteiger partial charge in [0.15, 0.2) is 5.82 Å². The number of rotatable bonds is 5. The highest BCUT2D eigenvalue weighted by Gasteiger charge is 2.21. The molecule has 7 heteroatoms. The molecule has 2 aromatic rings. The molecule has 0 aliphatic heterocycles. The van der Waals surface area contributed by atoms with Crippen molar-refractivity contribution in [3.63, 3.8) is 0 Å². The van der Waals surface area contributed by atoms with Gasteiger partial charge in [-0.05, 0) is 18.6 Å².